The first kappa shape index (κ1) is 10.2. The summed E-state index contributed by atoms with van der Waals surface area (Å²) in [5, 5.41) is 3.29. The van der Waals surface area contributed by atoms with Gasteiger partial charge < -0.3 is 22.6 Å². The fourth-order valence-corrected chi connectivity index (χ4v) is 1.32. The van der Waals surface area contributed by atoms with Gasteiger partial charge in [-0.05, 0) is 6.07 Å². The molecule has 2 rings (SSSR count). The summed E-state index contributed by atoms with van der Waals surface area (Å²) in [6.07, 6.45) is 3.56. The predicted octanol–water partition coefficient (Wildman–Crippen LogP) is -3.11. The third-order valence-electron chi connectivity index (χ3n) is 1.95. The molecule has 0 aromatic carbocycles. The minimum Gasteiger partial charge on any atom is -1.00 e. The molecule has 0 bridgehead atoms. The van der Waals surface area contributed by atoms with E-state index in [9.17, 15) is 0 Å². The van der Waals surface area contributed by atoms with Crippen molar-refractivity contribution < 1.29 is 12.4 Å². The second-order valence-electron chi connectivity index (χ2n) is 2.79. The first-order valence-electron chi connectivity index (χ1n) is 4.19. The van der Waals surface area contributed by atoms with Crippen LogP contribution in [-0.4, -0.2) is 36.1 Å². The van der Waals surface area contributed by atoms with E-state index in [2.05, 4.69) is 20.2 Å². The van der Waals surface area contributed by atoms with Gasteiger partial charge in [-0.25, -0.2) is 9.97 Å². The number of nitrogens with zero attached hydrogens (tertiary/aromatic N) is 3. The van der Waals surface area contributed by atoms with Crippen LogP contribution in [-0.2, 0) is 0 Å². The van der Waals surface area contributed by atoms with Crippen LogP contribution in [0, 0.1) is 0 Å². The Morgan fingerprint density at radius 1 is 1.15 bits per heavy atom. The molecular weight excluding hydrogens is 188 g/mol. The Morgan fingerprint density at radius 2 is 1.77 bits per heavy atom. The van der Waals surface area contributed by atoms with E-state index >= 15 is 0 Å². The summed E-state index contributed by atoms with van der Waals surface area (Å²) >= 11 is 0. The maximum absolute atomic E-state index is 4.19. The second kappa shape index (κ2) is 4.99. The summed E-state index contributed by atoms with van der Waals surface area (Å²) in [6, 6.07) is 1.84. The van der Waals surface area contributed by atoms with Gasteiger partial charge in [0.05, 0.1) is 0 Å². The molecule has 0 aliphatic carbocycles. The smallest absolute Gasteiger partial charge is 0.225 e. The minimum atomic E-state index is 0. The summed E-state index contributed by atoms with van der Waals surface area (Å²) in [5.41, 5.74) is 0. The first-order chi connectivity index (χ1) is 5.97. The number of nitrogens with one attached hydrogen (secondary N) is 1. The van der Waals surface area contributed by atoms with E-state index in [0.29, 0.717) is 0 Å². The molecule has 0 unspecified atom stereocenters. The van der Waals surface area contributed by atoms with Gasteiger partial charge >= 0.3 is 0 Å². The van der Waals surface area contributed by atoms with Crippen molar-refractivity contribution in [1.82, 2.24) is 15.3 Å². The highest BCUT2D eigenvalue weighted by Crippen LogP contribution is 2.04. The van der Waals surface area contributed by atoms with Crippen molar-refractivity contribution in [2.75, 3.05) is 31.1 Å². The summed E-state index contributed by atoms with van der Waals surface area (Å²) in [6.45, 7) is 4.06. The molecule has 1 fully saturated rings. The van der Waals surface area contributed by atoms with Crippen LogP contribution in [0.3, 0.4) is 0 Å². The fourth-order valence-electron chi connectivity index (χ4n) is 1.32. The number of piperazine rings is 1. The van der Waals surface area contributed by atoms with E-state index in [1.54, 1.807) is 12.4 Å². The molecule has 72 valence electrons. The number of aromatic nitrogens is 2. The molecule has 1 aliphatic rings. The van der Waals surface area contributed by atoms with Gasteiger partial charge in [0.1, 0.15) is 0 Å². The molecule has 5 heteroatoms. The van der Waals surface area contributed by atoms with Crippen LogP contribution in [0.15, 0.2) is 18.5 Å². The third kappa shape index (κ3) is 2.54. The van der Waals surface area contributed by atoms with E-state index in [1.807, 2.05) is 6.07 Å². The molecular formula is C8H12ClN4-. The zero-order valence-electron chi connectivity index (χ0n) is 7.28. The van der Waals surface area contributed by atoms with Crippen LogP contribution in [0.4, 0.5) is 5.95 Å². The Labute approximate surface area is 83.8 Å². The highest BCUT2D eigenvalue weighted by molar-refractivity contribution is 5.28. The van der Waals surface area contributed by atoms with Gasteiger partial charge in [0.25, 0.3) is 0 Å². The lowest BCUT2D eigenvalue weighted by Gasteiger charge is -2.26. The number of rotatable bonds is 1. The molecule has 4 nitrogen and oxygen atoms in total. The number of hydrogen-bond acceptors (Lipinski definition) is 4. The van der Waals surface area contributed by atoms with Crippen molar-refractivity contribution in [3.63, 3.8) is 0 Å². The molecule has 2 heterocycles. The number of hydrogen-bond donors (Lipinski definition) is 1. The Hall–Kier alpha value is -0.870. The maximum Gasteiger partial charge on any atom is 0.225 e. The molecule has 1 aromatic heterocycles. The highest BCUT2D eigenvalue weighted by atomic mass is 35.5. The van der Waals surface area contributed by atoms with Crippen molar-refractivity contribution in [2.24, 2.45) is 0 Å². The Bertz CT molecular complexity index is 235. The van der Waals surface area contributed by atoms with Gasteiger partial charge in [0, 0.05) is 38.6 Å². The van der Waals surface area contributed by atoms with Crippen LogP contribution in [0.1, 0.15) is 0 Å². The topological polar surface area (TPSA) is 41.1 Å². The molecule has 0 radical (unpaired) electrons. The number of halogens is 1. The van der Waals surface area contributed by atoms with Gasteiger partial charge in [0.15, 0.2) is 0 Å². The SMILES string of the molecule is [Cl-].c1cnc(N2CCNCC2)nc1. The summed E-state index contributed by atoms with van der Waals surface area (Å²) in [5.74, 6) is 0.846. The highest BCUT2D eigenvalue weighted by Gasteiger charge is 2.11. The van der Waals surface area contributed by atoms with Gasteiger partial charge in [-0.2, -0.15) is 0 Å². The summed E-state index contributed by atoms with van der Waals surface area (Å²) in [4.78, 5) is 10.6. The molecule has 0 atom stereocenters. The van der Waals surface area contributed by atoms with Gasteiger partial charge in [-0.1, -0.05) is 0 Å². The van der Waals surface area contributed by atoms with Gasteiger partial charge in [-0.3, -0.25) is 0 Å². The third-order valence-corrected chi connectivity index (χ3v) is 1.95. The maximum atomic E-state index is 4.19. The van der Waals surface area contributed by atoms with E-state index in [0.717, 1.165) is 32.1 Å². The lowest BCUT2D eigenvalue weighted by atomic mass is 10.4. The van der Waals surface area contributed by atoms with E-state index in [4.69, 9.17) is 0 Å². The Morgan fingerprint density at radius 3 is 2.38 bits per heavy atom. The average Bonchev–Trinajstić information content (AvgIpc) is 2.21. The molecule has 13 heavy (non-hydrogen) atoms. The first-order valence-corrected chi connectivity index (χ1v) is 4.19. The normalized spacial score (nSPS) is 16.5. The fraction of sp³-hybridized carbons (Fsp3) is 0.500. The van der Waals surface area contributed by atoms with Crippen molar-refractivity contribution in [1.29, 1.82) is 0 Å². The standard InChI is InChI=1S/C8H12N4.ClH/c1-2-10-8(11-3-1)12-6-4-9-5-7-12;/h1-3,9H,4-7H2;1H/p-1. The lowest BCUT2D eigenvalue weighted by molar-refractivity contribution is -0.00000262. The van der Waals surface area contributed by atoms with Crippen LogP contribution < -0.4 is 22.6 Å². The molecule has 0 saturated carbocycles. The van der Waals surface area contributed by atoms with Crippen molar-refractivity contribution >= 4 is 5.95 Å². The second-order valence-corrected chi connectivity index (χ2v) is 2.79. The average molecular weight is 200 g/mol. The largest absolute Gasteiger partial charge is 1.00 e. The zero-order chi connectivity index (χ0) is 8.23. The van der Waals surface area contributed by atoms with E-state index < -0.39 is 0 Å². The summed E-state index contributed by atoms with van der Waals surface area (Å²) < 4.78 is 0. The molecule has 1 aromatic rings. The lowest BCUT2D eigenvalue weighted by Crippen LogP contribution is -3.00. The minimum absolute atomic E-state index is 0. The summed E-state index contributed by atoms with van der Waals surface area (Å²) in [7, 11) is 0. The number of anilines is 1. The molecule has 0 spiro atoms. The van der Waals surface area contributed by atoms with E-state index in [-0.39, 0.29) is 12.4 Å². The molecule has 1 aliphatic heterocycles. The van der Waals surface area contributed by atoms with E-state index in [1.165, 1.54) is 0 Å². The van der Waals surface area contributed by atoms with Gasteiger partial charge in [-0.15, -0.1) is 0 Å². The van der Waals surface area contributed by atoms with Crippen LogP contribution >= 0.6 is 0 Å². The molecule has 1 saturated heterocycles. The van der Waals surface area contributed by atoms with Gasteiger partial charge in [0.2, 0.25) is 5.95 Å². The Kier molecular flexibility index (Phi) is 3.92. The zero-order valence-corrected chi connectivity index (χ0v) is 8.04. The monoisotopic (exact) mass is 199 g/mol. The van der Waals surface area contributed by atoms with Crippen molar-refractivity contribution in [3.05, 3.63) is 18.5 Å². The van der Waals surface area contributed by atoms with Crippen LogP contribution in [0.5, 0.6) is 0 Å². The van der Waals surface area contributed by atoms with Crippen LogP contribution in [0.25, 0.3) is 0 Å². The molecule has 0 amide bonds. The van der Waals surface area contributed by atoms with Crippen LogP contribution in [0.2, 0.25) is 0 Å². The Balaban J connectivity index is 0.000000845. The van der Waals surface area contributed by atoms with Crippen molar-refractivity contribution in [3.8, 4) is 0 Å². The molecule has 1 N–H and O–H groups in total. The quantitative estimate of drug-likeness (QED) is 0.520. The predicted molar refractivity (Wildman–Crippen MR) is 47.1 cm³/mol. The van der Waals surface area contributed by atoms with Crippen molar-refractivity contribution in [2.45, 2.75) is 0 Å².